The molecular weight excluding hydrogens is 278 g/mol. The molecule has 0 saturated carbocycles. The summed E-state index contributed by atoms with van der Waals surface area (Å²) in [5, 5.41) is 13.0. The molecule has 19 heavy (non-hydrogen) atoms. The third-order valence-electron chi connectivity index (χ3n) is 2.93. The van der Waals surface area contributed by atoms with E-state index in [9.17, 15) is 9.90 Å². The van der Waals surface area contributed by atoms with Crippen LogP contribution in [-0.2, 0) is 7.05 Å². The minimum absolute atomic E-state index is 0.0668. The van der Waals surface area contributed by atoms with Gasteiger partial charge in [0.1, 0.15) is 10.6 Å². The van der Waals surface area contributed by atoms with Crippen molar-refractivity contribution in [3.8, 4) is 5.75 Å². The second-order valence-corrected chi connectivity index (χ2v) is 6.35. The minimum atomic E-state index is -0.172. The maximum absolute atomic E-state index is 12.3. The van der Waals surface area contributed by atoms with Crippen molar-refractivity contribution < 1.29 is 5.11 Å². The van der Waals surface area contributed by atoms with Crippen molar-refractivity contribution in [2.24, 2.45) is 7.05 Å². The first-order chi connectivity index (χ1) is 9.18. The highest BCUT2D eigenvalue weighted by Gasteiger charge is 2.15. The highest BCUT2D eigenvalue weighted by Crippen LogP contribution is 2.37. The lowest BCUT2D eigenvalue weighted by atomic mass is 10.2. The fraction of sp³-hybridized carbons (Fsp3) is 0.0714. The average Bonchev–Trinajstić information content (AvgIpc) is 2.94. The Hall–Kier alpha value is -1.72. The molecule has 96 valence electrons. The highest BCUT2D eigenvalue weighted by atomic mass is 32.2. The number of rotatable bonds is 2. The minimum Gasteiger partial charge on any atom is -0.506 e. The van der Waals surface area contributed by atoms with Crippen molar-refractivity contribution in [1.82, 2.24) is 4.57 Å². The fourth-order valence-corrected chi connectivity index (χ4v) is 3.80. The number of aryl methyl sites for hydroxylation is 1. The van der Waals surface area contributed by atoms with Gasteiger partial charge >= 0.3 is 0 Å². The predicted octanol–water partition coefficient (Wildman–Crippen LogP) is 3.46. The van der Waals surface area contributed by atoms with Gasteiger partial charge in [0, 0.05) is 12.4 Å². The van der Waals surface area contributed by atoms with Crippen LogP contribution in [0.3, 0.4) is 0 Å². The predicted molar refractivity (Wildman–Crippen MR) is 79.3 cm³/mol. The van der Waals surface area contributed by atoms with Crippen molar-refractivity contribution >= 4 is 34.0 Å². The van der Waals surface area contributed by atoms with Gasteiger partial charge in [0.25, 0.3) is 5.56 Å². The molecule has 2 heterocycles. The summed E-state index contributed by atoms with van der Waals surface area (Å²) in [6, 6.07) is 11.2. The number of hydrogen-bond acceptors (Lipinski definition) is 4. The van der Waals surface area contributed by atoms with Gasteiger partial charge < -0.3 is 9.67 Å². The molecular formula is C14H11NO2S2. The molecule has 3 aromatic rings. The van der Waals surface area contributed by atoms with Crippen molar-refractivity contribution in [2.45, 2.75) is 9.10 Å². The lowest BCUT2D eigenvalue weighted by molar-refractivity contribution is 0.465. The lowest BCUT2D eigenvalue weighted by Gasteiger charge is -2.10. The molecule has 0 radical (unpaired) electrons. The van der Waals surface area contributed by atoms with Crippen LogP contribution >= 0.6 is 23.1 Å². The molecule has 0 aliphatic heterocycles. The summed E-state index contributed by atoms with van der Waals surface area (Å²) in [4.78, 5) is 12.7. The van der Waals surface area contributed by atoms with Gasteiger partial charge in [-0.3, -0.25) is 4.79 Å². The van der Waals surface area contributed by atoms with Gasteiger partial charge in [-0.15, -0.1) is 11.3 Å². The van der Waals surface area contributed by atoms with Gasteiger partial charge in [-0.2, -0.15) is 0 Å². The quantitative estimate of drug-likeness (QED) is 0.785. The van der Waals surface area contributed by atoms with Crippen molar-refractivity contribution in [3.05, 3.63) is 52.1 Å². The number of aromatic nitrogens is 1. The summed E-state index contributed by atoms with van der Waals surface area (Å²) >= 11 is 2.86. The Balaban J connectivity index is 2.27. The van der Waals surface area contributed by atoms with Crippen LogP contribution in [0.15, 0.2) is 55.7 Å². The van der Waals surface area contributed by atoms with Gasteiger partial charge in [-0.1, -0.05) is 30.0 Å². The van der Waals surface area contributed by atoms with E-state index < -0.39 is 0 Å². The molecule has 0 atom stereocenters. The van der Waals surface area contributed by atoms with E-state index >= 15 is 0 Å². The number of pyridine rings is 1. The van der Waals surface area contributed by atoms with E-state index in [1.807, 2.05) is 41.8 Å². The Kier molecular flexibility index (Phi) is 3.08. The van der Waals surface area contributed by atoms with E-state index in [-0.39, 0.29) is 11.3 Å². The van der Waals surface area contributed by atoms with E-state index in [0.717, 1.165) is 9.73 Å². The summed E-state index contributed by atoms with van der Waals surface area (Å²) in [5.41, 5.74) is 0.565. The molecule has 0 aliphatic rings. The molecule has 0 bridgehead atoms. The van der Waals surface area contributed by atoms with Crippen molar-refractivity contribution in [2.75, 3.05) is 0 Å². The van der Waals surface area contributed by atoms with E-state index in [2.05, 4.69) is 0 Å². The van der Waals surface area contributed by atoms with Crippen LogP contribution in [0.25, 0.3) is 10.9 Å². The summed E-state index contributed by atoms with van der Waals surface area (Å²) in [7, 11) is 1.72. The second-order valence-electron chi connectivity index (χ2n) is 4.09. The third kappa shape index (κ3) is 2.05. The van der Waals surface area contributed by atoms with Crippen molar-refractivity contribution in [1.29, 1.82) is 0 Å². The van der Waals surface area contributed by atoms with Crippen LogP contribution < -0.4 is 5.56 Å². The Bertz CT molecular complexity index is 791. The topological polar surface area (TPSA) is 42.2 Å². The maximum atomic E-state index is 12.3. The van der Waals surface area contributed by atoms with Crippen molar-refractivity contribution in [3.63, 3.8) is 0 Å². The standard InChI is InChI=1S/C14H11NO2S2/c1-15-10-6-3-2-5-9(10)12(16)13(14(15)17)19-11-7-4-8-18-11/h2-8,16H,1H3. The van der Waals surface area contributed by atoms with E-state index in [0.29, 0.717) is 10.3 Å². The van der Waals surface area contributed by atoms with Gasteiger partial charge in [0.2, 0.25) is 0 Å². The van der Waals surface area contributed by atoms with Gasteiger partial charge in [0.05, 0.1) is 9.73 Å². The summed E-state index contributed by atoms with van der Waals surface area (Å²) in [5.74, 6) is 0.0668. The number of aromatic hydroxyl groups is 1. The summed E-state index contributed by atoms with van der Waals surface area (Å²) in [6.45, 7) is 0. The summed E-state index contributed by atoms with van der Waals surface area (Å²) < 4.78 is 2.56. The normalized spacial score (nSPS) is 11.0. The molecule has 3 rings (SSSR count). The highest BCUT2D eigenvalue weighted by molar-refractivity contribution is 8.01. The summed E-state index contributed by atoms with van der Waals surface area (Å²) in [6.07, 6.45) is 0. The fourth-order valence-electron chi connectivity index (χ4n) is 1.97. The Labute approximate surface area is 118 Å². The first-order valence-corrected chi connectivity index (χ1v) is 7.40. The van der Waals surface area contributed by atoms with E-state index in [1.165, 1.54) is 11.8 Å². The molecule has 3 nitrogen and oxygen atoms in total. The van der Waals surface area contributed by atoms with Gasteiger partial charge in [-0.25, -0.2) is 0 Å². The number of hydrogen-bond donors (Lipinski definition) is 1. The largest absolute Gasteiger partial charge is 0.506 e. The first-order valence-electron chi connectivity index (χ1n) is 5.70. The number of fused-ring (bicyclic) bond motifs is 1. The Morgan fingerprint density at radius 3 is 2.74 bits per heavy atom. The number of nitrogens with zero attached hydrogens (tertiary/aromatic N) is 1. The molecule has 2 aromatic heterocycles. The van der Waals surface area contributed by atoms with Crippen LogP contribution in [-0.4, -0.2) is 9.67 Å². The SMILES string of the molecule is Cn1c(=O)c(Sc2cccs2)c(O)c2ccccc21. The number of benzene rings is 1. The third-order valence-corrected chi connectivity index (χ3v) is 5.04. The van der Waals surface area contributed by atoms with Crippen LogP contribution in [0, 0.1) is 0 Å². The molecule has 0 unspecified atom stereocenters. The molecule has 0 fully saturated rings. The van der Waals surface area contributed by atoms with Crippen LogP contribution in [0.1, 0.15) is 0 Å². The molecule has 1 aromatic carbocycles. The van der Waals surface area contributed by atoms with Gasteiger partial charge in [0.15, 0.2) is 0 Å². The average molecular weight is 289 g/mol. The second kappa shape index (κ2) is 4.75. The molecule has 0 amide bonds. The number of thiophene rings is 1. The number of para-hydroxylation sites is 1. The molecule has 0 aliphatic carbocycles. The zero-order chi connectivity index (χ0) is 13.4. The zero-order valence-electron chi connectivity index (χ0n) is 10.2. The van der Waals surface area contributed by atoms with Crippen LogP contribution in [0.2, 0.25) is 0 Å². The van der Waals surface area contributed by atoms with Gasteiger partial charge in [-0.05, 0) is 23.6 Å². The maximum Gasteiger partial charge on any atom is 0.268 e. The zero-order valence-corrected chi connectivity index (χ0v) is 11.8. The van der Waals surface area contributed by atoms with E-state index in [1.54, 1.807) is 23.0 Å². The van der Waals surface area contributed by atoms with Crippen LogP contribution in [0.5, 0.6) is 5.75 Å². The lowest BCUT2D eigenvalue weighted by Crippen LogP contribution is -2.18. The monoisotopic (exact) mass is 289 g/mol. The Morgan fingerprint density at radius 2 is 2.00 bits per heavy atom. The first kappa shape index (κ1) is 12.3. The van der Waals surface area contributed by atoms with E-state index in [4.69, 9.17) is 0 Å². The molecule has 1 N–H and O–H groups in total. The smallest absolute Gasteiger partial charge is 0.268 e. The Morgan fingerprint density at radius 1 is 1.21 bits per heavy atom. The molecule has 5 heteroatoms. The molecule has 0 saturated heterocycles. The van der Waals surface area contributed by atoms with Crippen LogP contribution in [0.4, 0.5) is 0 Å². The molecule has 0 spiro atoms.